The molecule has 0 aromatic heterocycles. The quantitative estimate of drug-likeness (QED) is 0.256. The van der Waals surface area contributed by atoms with Gasteiger partial charge in [0.15, 0.2) is 0 Å². The molecule has 9 nitrogen and oxygen atoms in total. The largest absolute Gasteiger partial charge is 0.489 e. The van der Waals surface area contributed by atoms with Crippen LogP contribution in [0.2, 0.25) is 0 Å². The Balaban J connectivity index is 1.38. The Morgan fingerprint density at radius 1 is 0.854 bits per heavy atom. The molecule has 0 spiro atoms. The maximum absolute atomic E-state index is 13.1. The Labute approximate surface area is 239 Å². The van der Waals surface area contributed by atoms with Gasteiger partial charge in [0.1, 0.15) is 18.4 Å². The molecular formula is C32H35N3O6. The van der Waals surface area contributed by atoms with E-state index < -0.39 is 29.9 Å². The molecule has 41 heavy (non-hydrogen) atoms. The monoisotopic (exact) mass is 557 g/mol. The van der Waals surface area contributed by atoms with Crippen LogP contribution >= 0.6 is 0 Å². The van der Waals surface area contributed by atoms with Crippen molar-refractivity contribution in [2.75, 3.05) is 6.54 Å². The summed E-state index contributed by atoms with van der Waals surface area (Å²) < 4.78 is 5.80. The Hall–Kier alpha value is -4.50. The van der Waals surface area contributed by atoms with E-state index in [2.05, 4.69) is 10.6 Å². The van der Waals surface area contributed by atoms with Crippen molar-refractivity contribution in [3.63, 3.8) is 0 Å². The van der Waals surface area contributed by atoms with Gasteiger partial charge < -0.3 is 15.2 Å². The molecule has 0 radical (unpaired) electrons. The van der Waals surface area contributed by atoms with E-state index in [1.165, 1.54) is 0 Å². The number of hydrogen-bond acceptors (Lipinski definition) is 6. The SMILES string of the molecule is CC(C)CC(NC(CCN1C(=O)c2ccc(OCc3ccccc3)cc2C1=O)C(=O)O)C(=O)NCc1ccccc1. The zero-order valence-electron chi connectivity index (χ0n) is 23.2. The predicted molar refractivity (Wildman–Crippen MR) is 153 cm³/mol. The van der Waals surface area contributed by atoms with E-state index in [0.29, 0.717) is 25.3 Å². The van der Waals surface area contributed by atoms with Crippen LogP contribution in [-0.2, 0) is 22.7 Å². The number of nitrogens with one attached hydrogen (secondary N) is 2. The molecular weight excluding hydrogens is 522 g/mol. The molecule has 1 aliphatic heterocycles. The van der Waals surface area contributed by atoms with Crippen LogP contribution in [0.15, 0.2) is 78.9 Å². The van der Waals surface area contributed by atoms with Gasteiger partial charge in [-0.1, -0.05) is 74.5 Å². The number of amides is 3. The average molecular weight is 558 g/mol. The third-order valence-electron chi connectivity index (χ3n) is 6.87. The van der Waals surface area contributed by atoms with E-state index in [9.17, 15) is 24.3 Å². The van der Waals surface area contributed by atoms with Gasteiger partial charge in [-0.2, -0.15) is 0 Å². The molecule has 2 atom stereocenters. The maximum Gasteiger partial charge on any atom is 0.320 e. The molecule has 3 aromatic carbocycles. The first kappa shape index (κ1) is 29.5. The van der Waals surface area contributed by atoms with Gasteiger partial charge in [0.05, 0.1) is 17.2 Å². The van der Waals surface area contributed by atoms with Gasteiger partial charge in [0.2, 0.25) is 5.91 Å². The Kier molecular flexibility index (Phi) is 9.86. The van der Waals surface area contributed by atoms with Gasteiger partial charge in [0, 0.05) is 13.1 Å². The van der Waals surface area contributed by atoms with E-state index in [1.54, 1.807) is 18.2 Å². The Bertz CT molecular complexity index is 1380. The van der Waals surface area contributed by atoms with Gasteiger partial charge in [-0.25, -0.2) is 0 Å². The number of carbonyl (C=O) groups excluding carboxylic acids is 3. The highest BCUT2D eigenvalue weighted by Crippen LogP contribution is 2.27. The maximum atomic E-state index is 13.1. The van der Waals surface area contributed by atoms with Crippen molar-refractivity contribution in [2.45, 2.75) is 51.9 Å². The van der Waals surface area contributed by atoms with E-state index in [-0.39, 0.29) is 35.9 Å². The molecule has 0 saturated heterocycles. The standard InChI is InChI=1S/C32H35N3O6/c1-21(2)17-28(29(36)33-19-22-9-5-3-6-10-22)34-27(32(39)40)15-16-35-30(37)25-14-13-24(18-26(25)31(35)38)41-20-23-11-7-4-8-12-23/h3-14,18,21,27-28,34H,15-17,19-20H2,1-2H3,(H,33,36)(H,39,40). The molecule has 0 bridgehead atoms. The average Bonchev–Trinajstić information content (AvgIpc) is 3.21. The lowest BCUT2D eigenvalue weighted by Gasteiger charge is -2.25. The van der Waals surface area contributed by atoms with Crippen molar-refractivity contribution in [2.24, 2.45) is 5.92 Å². The molecule has 0 saturated carbocycles. The highest BCUT2D eigenvalue weighted by molar-refractivity contribution is 6.21. The van der Waals surface area contributed by atoms with Gasteiger partial charge >= 0.3 is 5.97 Å². The smallest absolute Gasteiger partial charge is 0.320 e. The van der Waals surface area contributed by atoms with Gasteiger partial charge in [-0.3, -0.25) is 29.4 Å². The molecule has 0 aliphatic carbocycles. The first-order valence-corrected chi connectivity index (χ1v) is 13.7. The second-order valence-corrected chi connectivity index (χ2v) is 10.5. The summed E-state index contributed by atoms with van der Waals surface area (Å²) in [6.07, 6.45) is 0.363. The van der Waals surface area contributed by atoms with Gasteiger partial charge in [-0.05, 0) is 48.1 Å². The molecule has 0 fully saturated rings. The van der Waals surface area contributed by atoms with Crippen molar-refractivity contribution in [1.29, 1.82) is 0 Å². The van der Waals surface area contributed by atoms with Crippen LogP contribution in [0.3, 0.4) is 0 Å². The summed E-state index contributed by atoms with van der Waals surface area (Å²) in [5.74, 6) is -1.88. The zero-order valence-corrected chi connectivity index (χ0v) is 23.2. The van der Waals surface area contributed by atoms with Crippen molar-refractivity contribution in [3.05, 3.63) is 101 Å². The summed E-state index contributed by atoms with van der Waals surface area (Å²) in [6, 6.07) is 21.8. The van der Waals surface area contributed by atoms with Crippen LogP contribution in [0.5, 0.6) is 5.75 Å². The lowest BCUT2D eigenvalue weighted by atomic mass is 10.0. The first-order chi connectivity index (χ1) is 19.7. The summed E-state index contributed by atoms with van der Waals surface area (Å²) in [5, 5.41) is 15.7. The van der Waals surface area contributed by atoms with E-state index >= 15 is 0 Å². The van der Waals surface area contributed by atoms with Crippen LogP contribution in [0.1, 0.15) is 58.5 Å². The number of rotatable bonds is 14. The Morgan fingerprint density at radius 3 is 2.12 bits per heavy atom. The summed E-state index contributed by atoms with van der Waals surface area (Å²) in [6.45, 7) is 4.42. The molecule has 3 amide bonds. The van der Waals surface area contributed by atoms with Gasteiger partial charge in [-0.15, -0.1) is 0 Å². The summed E-state index contributed by atoms with van der Waals surface area (Å²) in [5.41, 5.74) is 2.37. The lowest BCUT2D eigenvalue weighted by Crippen LogP contribution is -2.52. The third-order valence-corrected chi connectivity index (χ3v) is 6.87. The number of fused-ring (bicyclic) bond motifs is 1. The minimum Gasteiger partial charge on any atom is -0.489 e. The van der Waals surface area contributed by atoms with E-state index in [0.717, 1.165) is 16.0 Å². The molecule has 1 aliphatic rings. The van der Waals surface area contributed by atoms with Crippen molar-refractivity contribution in [1.82, 2.24) is 15.5 Å². The van der Waals surface area contributed by atoms with Crippen LogP contribution in [0.4, 0.5) is 0 Å². The van der Waals surface area contributed by atoms with Crippen molar-refractivity contribution >= 4 is 23.7 Å². The fourth-order valence-electron chi connectivity index (χ4n) is 4.71. The number of benzene rings is 3. The molecule has 3 N–H and O–H groups in total. The number of carboxylic acid groups (broad SMARTS) is 1. The third kappa shape index (κ3) is 7.79. The fourth-order valence-corrected chi connectivity index (χ4v) is 4.71. The number of imide groups is 1. The number of ether oxygens (including phenoxy) is 1. The summed E-state index contributed by atoms with van der Waals surface area (Å²) in [7, 11) is 0. The van der Waals surface area contributed by atoms with Crippen LogP contribution in [-0.4, -0.2) is 52.3 Å². The van der Waals surface area contributed by atoms with Crippen molar-refractivity contribution in [3.8, 4) is 5.75 Å². The van der Waals surface area contributed by atoms with E-state index in [4.69, 9.17) is 4.74 Å². The molecule has 2 unspecified atom stereocenters. The molecule has 9 heteroatoms. The van der Waals surface area contributed by atoms with Crippen LogP contribution in [0.25, 0.3) is 0 Å². The number of nitrogens with zero attached hydrogens (tertiary/aromatic N) is 1. The first-order valence-electron chi connectivity index (χ1n) is 13.7. The second-order valence-electron chi connectivity index (χ2n) is 10.5. The summed E-state index contributed by atoms with van der Waals surface area (Å²) >= 11 is 0. The normalized spacial score (nSPS) is 14.1. The van der Waals surface area contributed by atoms with Crippen LogP contribution in [0, 0.1) is 5.92 Å². The molecule has 1 heterocycles. The van der Waals surface area contributed by atoms with Crippen molar-refractivity contribution < 1.29 is 29.0 Å². The molecule has 214 valence electrons. The molecule has 3 aromatic rings. The zero-order chi connectivity index (χ0) is 29.4. The number of aliphatic carboxylic acids is 1. The minimum atomic E-state index is -1.16. The van der Waals surface area contributed by atoms with Gasteiger partial charge in [0.25, 0.3) is 11.8 Å². The predicted octanol–water partition coefficient (Wildman–Crippen LogP) is 4.03. The summed E-state index contributed by atoms with van der Waals surface area (Å²) in [4.78, 5) is 52.3. The lowest BCUT2D eigenvalue weighted by molar-refractivity contribution is -0.140. The Morgan fingerprint density at radius 2 is 1.49 bits per heavy atom. The highest BCUT2D eigenvalue weighted by atomic mass is 16.5. The van der Waals surface area contributed by atoms with Crippen LogP contribution < -0.4 is 15.4 Å². The van der Waals surface area contributed by atoms with E-state index in [1.807, 2.05) is 74.5 Å². The fraction of sp³-hybridized carbons (Fsp3) is 0.312. The minimum absolute atomic E-state index is 0.0568. The highest BCUT2D eigenvalue weighted by Gasteiger charge is 2.37. The number of hydrogen-bond donors (Lipinski definition) is 3. The second kappa shape index (κ2) is 13.7. The molecule has 4 rings (SSSR count). The number of carboxylic acids is 1. The topological polar surface area (TPSA) is 125 Å². The number of carbonyl (C=O) groups is 4.